The summed E-state index contributed by atoms with van der Waals surface area (Å²) >= 11 is 0. The van der Waals surface area contributed by atoms with Gasteiger partial charge in [-0.05, 0) is 51.0 Å². The standard InChI is InChI=1S/C17H21N5O/c1-3-22(15-7-6-10-18-13(15)2)17(23)14-8-9-16(20-19-14)21-11-4-5-12-21/h6-10H,3-5,11-12H2,1-2H3. The number of hydrogen-bond donors (Lipinski definition) is 0. The fourth-order valence-corrected chi connectivity index (χ4v) is 2.88. The molecule has 0 aliphatic carbocycles. The Hall–Kier alpha value is -2.50. The lowest BCUT2D eigenvalue weighted by atomic mass is 10.2. The Balaban J connectivity index is 1.82. The number of hydrogen-bond acceptors (Lipinski definition) is 5. The van der Waals surface area contributed by atoms with E-state index >= 15 is 0 Å². The summed E-state index contributed by atoms with van der Waals surface area (Å²) in [4.78, 5) is 20.9. The Morgan fingerprint density at radius 3 is 2.61 bits per heavy atom. The maximum absolute atomic E-state index is 12.7. The van der Waals surface area contributed by atoms with Gasteiger partial charge in [-0.25, -0.2) is 0 Å². The largest absolute Gasteiger partial charge is 0.355 e. The van der Waals surface area contributed by atoms with Gasteiger partial charge in [0.1, 0.15) is 0 Å². The summed E-state index contributed by atoms with van der Waals surface area (Å²) in [6.07, 6.45) is 4.10. The fraction of sp³-hybridized carbons (Fsp3) is 0.412. The number of aromatic nitrogens is 3. The van der Waals surface area contributed by atoms with Crippen LogP contribution in [0, 0.1) is 6.92 Å². The molecule has 2 aromatic rings. The molecule has 0 unspecified atom stereocenters. The van der Waals surface area contributed by atoms with Crippen LogP contribution in [-0.2, 0) is 0 Å². The number of rotatable bonds is 4. The van der Waals surface area contributed by atoms with Crippen LogP contribution < -0.4 is 9.80 Å². The maximum atomic E-state index is 12.7. The molecule has 0 bridgehead atoms. The predicted octanol–water partition coefficient (Wildman–Crippen LogP) is 2.45. The Morgan fingerprint density at radius 1 is 1.22 bits per heavy atom. The van der Waals surface area contributed by atoms with E-state index in [1.807, 2.05) is 32.0 Å². The van der Waals surface area contributed by atoms with Crippen molar-refractivity contribution < 1.29 is 4.79 Å². The monoisotopic (exact) mass is 311 g/mol. The van der Waals surface area contributed by atoms with Crippen LogP contribution in [0.15, 0.2) is 30.5 Å². The molecule has 0 saturated carbocycles. The third kappa shape index (κ3) is 3.16. The molecule has 1 saturated heterocycles. The summed E-state index contributed by atoms with van der Waals surface area (Å²) in [5.74, 6) is 0.698. The summed E-state index contributed by atoms with van der Waals surface area (Å²) in [5.41, 5.74) is 1.99. The average molecular weight is 311 g/mol. The number of anilines is 2. The normalized spacial score (nSPS) is 14.1. The van der Waals surface area contributed by atoms with E-state index in [1.54, 1.807) is 17.2 Å². The lowest BCUT2D eigenvalue weighted by Gasteiger charge is -2.22. The fourth-order valence-electron chi connectivity index (χ4n) is 2.88. The maximum Gasteiger partial charge on any atom is 0.278 e. The van der Waals surface area contributed by atoms with Crippen LogP contribution in [0.1, 0.15) is 35.9 Å². The highest BCUT2D eigenvalue weighted by Gasteiger charge is 2.21. The molecule has 1 aliphatic heterocycles. The Morgan fingerprint density at radius 2 is 2.00 bits per heavy atom. The Bertz CT molecular complexity index is 680. The van der Waals surface area contributed by atoms with Gasteiger partial charge in [0.05, 0.1) is 11.4 Å². The molecule has 6 heteroatoms. The lowest BCUT2D eigenvalue weighted by molar-refractivity contribution is 0.0982. The van der Waals surface area contributed by atoms with Gasteiger partial charge >= 0.3 is 0 Å². The molecule has 1 amide bonds. The third-order valence-corrected chi connectivity index (χ3v) is 4.13. The molecule has 0 spiro atoms. The van der Waals surface area contributed by atoms with Gasteiger partial charge < -0.3 is 9.80 Å². The first-order valence-corrected chi connectivity index (χ1v) is 8.03. The van der Waals surface area contributed by atoms with Crippen LogP contribution in [0.25, 0.3) is 0 Å². The van der Waals surface area contributed by atoms with Crippen LogP contribution in [0.2, 0.25) is 0 Å². The highest BCUT2D eigenvalue weighted by atomic mass is 16.2. The zero-order chi connectivity index (χ0) is 16.2. The molecule has 1 aliphatic rings. The zero-order valence-corrected chi connectivity index (χ0v) is 13.6. The van der Waals surface area contributed by atoms with Crippen molar-refractivity contribution in [2.75, 3.05) is 29.4 Å². The average Bonchev–Trinajstić information content (AvgIpc) is 3.12. The van der Waals surface area contributed by atoms with Crippen LogP contribution in [0.4, 0.5) is 11.5 Å². The van der Waals surface area contributed by atoms with Crippen LogP contribution in [0.3, 0.4) is 0 Å². The molecule has 6 nitrogen and oxygen atoms in total. The summed E-state index contributed by atoms with van der Waals surface area (Å²) in [5, 5.41) is 8.37. The van der Waals surface area contributed by atoms with E-state index in [0.29, 0.717) is 12.2 Å². The van der Waals surface area contributed by atoms with Crippen LogP contribution in [0.5, 0.6) is 0 Å². The zero-order valence-electron chi connectivity index (χ0n) is 13.6. The second-order valence-electron chi connectivity index (χ2n) is 5.63. The molecule has 120 valence electrons. The van der Waals surface area contributed by atoms with E-state index in [4.69, 9.17) is 0 Å². The minimum Gasteiger partial charge on any atom is -0.355 e. The van der Waals surface area contributed by atoms with Crippen molar-refractivity contribution in [2.45, 2.75) is 26.7 Å². The number of aryl methyl sites for hydroxylation is 1. The Kier molecular flexibility index (Phi) is 4.50. The number of nitrogens with zero attached hydrogens (tertiary/aromatic N) is 5. The molecule has 0 N–H and O–H groups in total. The van der Waals surface area contributed by atoms with Gasteiger partial charge in [0.25, 0.3) is 5.91 Å². The molecule has 0 aromatic carbocycles. The minimum absolute atomic E-state index is 0.149. The van der Waals surface area contributed by atoms with Crippen LogP contribution >= 0.6 is 0 Å². The second kappa shape index (κ2) is 6.73. The van der Waals surface area contributed by atoms with Gasteiger partial charge in [0.2, 0.25) is 0 Å². The predicted molar refractivity (Wildman–Crippen MR) is 89.8 cm³/mol. The number of carbonyl (C=O) groups excluding carboxylic acids is 1. The van der Waals surface area contributed by atoms with Crippen molar-refractivity contribution in [3.8, 4) is 0 Å². The lowest BCUT2D eigenvalue weighted by Crippen LogP contribution is -2.32. The third-order valence-electron chi connectivity index (χ3n) is 4.13. The van der Waals surface area contributed by atoms with Crippen molar-refractivity contribution in [3.05, 3.63) is 41.9 Å². The summed E-state index contributed by atoms with van der Waals surface area (Å²) in [6, 6.07) is 7.38. The Labute approximate surface area is 136 Å². The molecule has 3 rings (SSSR count). The van der Waals surface area contributed by atoms with E-state index in [-0.39, 0.29) is 5.91 Å². The quantitative estimate of drug-likeness (QED) is 0.868. The summed E-state index contributed by atoms with van der Waals surface area (Å²) in [7, 11) is 0. The van der Waals surface area contributed by atoms with E-state index in [1.165, 1.54) is 12.8 Å². The number of carbonyl (C=O) groups is 1. The number of amides is 1. The second-order valence-corrected chi connectivity index (χ2v) is 5.63. The molecule has 23 heavy (non-hydrogen) atoms. The van der Waals surface area contributed by atoms with Crippen LogP contribution in [-0.4, -0.2) is 40.7 Å². The summed E-state index contributed by atoms with van der Waals surface area (Å²) in [6.45, 7) is 6.42. The molecule has 0 radical (unpaired) electrons. The molecule has 3 heterocycles. The van der Waals surface area contributed by atoms with Gasteiger partial charge in [-0.15, -0.1) is 10.2 Å². The summed E-state index contributed by atoms with van der Waals surface area (Å²) < 4.78 is 0. The van der Waals surface area contributed by atoms with Gasteiger partial charge in [-0.2, -0.15) is 0 Å². The van der Waals surface area contributed by atoms with E-state index in [9.17, 15) is 4.79 Å². The van der Waals surface area contributed by atoms with Crippen molar-refractivity contribution in [2.24, 2.45) is 0 Å². The molecule has 1 fully saturated rings. The van der Waals surface area contributed by atoms with Gasteiger partial charge in [-0.3, -0.25) is 9.78 Å². The molecule has 0 atom stereocenters. The van der Waals surface area contributed by atoms with E-state index in [0.717, 1.165) is 30.3 Å². The first-order chi connectivity index (χ1) is 11.2. The molecular formula is C17H21N5O. The SMILES string of the molecule is CCN(C(=O)c1ccc(N2CCCC2)nn1)c1cccnc1C. The van der Waals surface area contributed by atoms with Gasteiger partial charge in [-0.1, -0.05) is 0 Å². The minimum atomic E-state index is -0.149. The number of pyridine rings is 1. The molecule has 2 aromatic heterocycles. The van der Waals surface area contributed by atoms with E-state index < -0.39 is 0 Å². The highest BCUT2D eigenvalue weighted by molar-refractivity contribution is 6.05. The topological polar surface area (TPSA) is 62.2 Å². The van der Waals surface area contributed by atoms with Crippen molar-refractivity contribution in [1.29, 1.82) is 0 Å². The smallest absolute Gasteiger partial charge is 0.278 e. The van der Waals surface area contributed by atoms with Gasteiger partial charge in [0, 0.05) is 25.8 Å². The first-order valence-electron chi connectivity index (χ1n) is 8.03. The van der Waals surface area contributed by atoms with Gasteiger partial charge in [0.15, 0.2) is 11.5 Å². The van der Waals surface area contributed by atoms with Crippen molar-refractivity contribution in [1.82, 2.24) is 15.2 Å². The molecular weight excluding hydrogens is 290 g/mol. The first kappa shape index (κ1) is 15.4. The van der Waals surface area contributed by atoms with E-state index in [2.05, 4.69) is 20.1 Å². The van der Waals surface area contributed by atoms with Crippen molar-refractivity contribution >= 4 is 17.4 Å². The van der Waals surface area contributed by atoms with Crippen molar-refractivity contribution in [3.63, 3.8) is 0 Å². The highest BCUT2D eigenvalue weighted by Crippen LogP contribution is 2.20.